The fourth-order valence-corrected chi connectivity index (χ4v) is 2.71. The summed E-state index contributed by atoms with van der Waals surface area (Å²) in [7, 11) is 1.86. The van der Waals surface area contributed by atoms with Crippen molar-refractivity contribution in [1.82, 2.24) is 10.2 Å². The number of nitrogens with one attached hydrogen (secondary N) is 1. The standard InChI is InChI=1S/C15H19F3N2O2/c1-19-9-11-4-3-7-20(10-11)14(21)12-5-2-6-13(8-12)22-15(16,17)18/h2,5-6,8,11,19H,3-4,7,9-10H2,1H3. The summed E-state index contributed by atoms with van der Waals surface area (Å²) in [5, 5.41) is 3.09. The minimum absolute atomic E-state index is 0.215. The van der Waals surface area contributed by atoms with E-state index in [4.69, 9.17) is 0 Å². The van der Waals surface area contributed by atoms with Gasteiger partial charge in [0.15, 0.2) is 0 Å². The van der Waals surface area contributed by atoms with Crippen LogP contribution in [-0.2, 0) is 0 Å². The van der Waals surface area contributed by atoms with Crippen molar-refractivity contribution in [2.75, 3.05) is 26.7 Å². The van der Waals surface area contributed by atoms with Crippen LogP contribution in [0.5, 0.6) is 5.75 Å². The predicted molar refractivity (Wildman–Crippen MR) is 75.7 cm³/mol. The maximum Gasteiger partial charge on any atom is 0.573 e. The molecule has 4 nitrogen and oxygen atoms in total. The van der Waals surface area contributed by atoms with Gasteiger partial charge in [-0.3, -0.25) is 4.79 Å². The molecule has 0 radical (unpaired) electrons. The van der Waals surface area contributed by atoms with Crippen LogP contribution in [0.2, 0.25) is 0 Å². The molecular weight excluding hydrogens is 297 g/mol. The third-order valence-corrected chi connectivity index (χ3v) is 3.61. The zero-order valence-corrected chi connectivity index (χ0v) is 12.3. The predicted octanol–water partition coefficient (Wildman–Crippen LogP) is 2.66. The molecule has 1 amide bonds. The first-order valence-electron chi connectivity index (χ1n) is 7.19. The van der Waals surface area contributed by atoms with Crippen molar-refractivity contribution in [3.05, 3.63) is 29.8 Å². The van der Waals surface area contributed by atoms with Gasteiger partial charge in [0.1, 0.15) is 5.75 Å². The smallest absolute Gasteiger partial charge is 0.406 e. The minimum atomic E-state index is -4.76. The number of benzene rings is 1. The van der Waals surface area contributed by atoms with E-state index in [0.29, 0.717) is 19.0 Å². The highest BCUT2D eigenvalue weighted by atomic mass is 19.4. The lowest BCUT2D eigenvalue weighted by molar-refractivity contribution is -0.274. The van der Waals surface area contributed by atoms with Crippen LogP contribution >= 0.6 is 0 Å². The number of halogens is 3. The van der Waals surface area contributed by atoms with Crippen LogP contribution in [0.25, 0.3) is 0 Å². The summed E-state index contributed by atoms with van der Waals surface area (Å²) in [5.41, 5.74) is 0.215. The van der Waals surface area contributed by atoms with Gasteiger partial charge < -0.3 is 15.0 Å². The third kappa shape index (κ3) is 4.62. The van der Waals surface area contributed by atoms with E-state index in [1.54, 1.807) is 4.90 Å². The summed E-state index contributed by atoms with van der Waals surface area (Å²) in [6.07, 6.45) is -2.82. The molecule has 122 valence electrons. The second-order valence-electron chi connectivity index (χ2n) is 5.39. The molecule has 1 N–H and O–H groups in total. The second kappa shape index (κ2) is 7.00. The van der Waals surface area contributed by atoms with Crippen molar-refractivity contribution in [2.24, 2.45) is 5.92 Å². The summed E-state index contributed by atoms with van der Waals surface area (Å²) in [5.74, 6) is -0.257. The number of alkyl halides is 3. The second-order valence-corrected chi connectivity index (χ2v) is 5.39. The Morgan fingerprint density at radius 1 is 1.45 bits per heavy atom. The van der Waals surface area contributed by atoms with Crippen LogP contribution in [0, 0.1) is 5.92 Å². The van der Waals surface area contributed by atoms with Gasteiger partial charge in [-0.15, -0.1) is 13.2 Å². The maximum atomic E-state index is 12.4. The van der Waals surface area contributed by atoms with Crippen molar-refractivity contribution in [3.63, 3.8) is 0 Å². The van der Waals surface area contributed by atoms with Crippen LogP contribution in [0.3, 0.4) is 0 Å². The van der Waals surface area contributed by atoms with E-state index in [1.807, 2.05) is 7.05 Å². The van der Waals surface area contributed by atoms with Gasteiger partial charge >= 0.3 is 6.36 Å². The molecule has 0 bridgehead atoms. The molecule has 7 heteroatoms. The van der Waals surface area contributed by atoms with E-state index in [-0.39, 0.29) is 17.2 Å². The Morgan fingerprint density at radius 2 is 2.23 bits per heavy atom. The Bertz CT molecular complexity index is 518. The number of carbonyl (C=O) groups is 1. The Kier molecular flexibility index (Phi) is 5.28. The third-order valence-electron chi connectivity index (χ3n) is 3.61. The molecule has 1 aliphatic heterocycles. The van der Waals surface area contributed by atoms with Gasteiger partial charge in [0.05, 0.1) is 0 Å². The normalized spacial score (nSPS) is 19.1. The largest absolute Gasteiger partial charge is 0.573 e. The highest BCUT2D eigenvalue weighted by Crippen LogP contribution is 2.25. The Morgan fingerprint density at radius 3 is 2.91 bits per heavy atom. The summed E-state index contributed by atoms with van der Waals surface area (Å²) >= 11 is 0. The summed E-state index contributed by atoms with van der Waals surface area (Å²) in [6, 6.07) is 5.22. The highest BCUT2D eigenvalue weighted by molar-refractivity contribution is 5.94. The van der Waals surface area contributed by atoms with Crippen LogP contribution in [-0.4, -0.2) is 43.9 Å². The summed E-state index contributed by atoms with van der Waals surface area (Å²) < 4.78 is 40.6. The van der Waals surface area contributed by atoms with E-state index in [9.17, 15) is 18.0 Å². The topological polar surface area (TPSA) is 41.6 Å². The molecule has 0 saturated carbocycles. The maximum absolute atomic E-state index is 12.4. The number of carbonyl (C=O) groups excluding carboxylic acids is 1. The number of amides is 1. The molecule has 0 aromatic heterocycles. The highest BCUT2D eigenvalue weighted by Gasteiger charge is 2.31. The quantitative estimate of drug-likeness (QED) is 0.928. The zero-order chi connectivity index (χ0) is 16.2. The first-order chi connectivity index (χ1) is 10.4. The fourth-order valence-electron chi connectivity index (χ4n) is 2.71. The monoisotopic (exact) mass is 316 g/mol. The van der Waals surface area contributed by atoms with E-state index < -0.39 is 6.36 Å². The lowest BCUT2D eigenvalue weighted by Crippen LogP contribution is -2.42. The SMILES string of the molecule is CNCC1CCCN(C(=O)c2cccc(OC(F)(F)F)c2)C1. The average molecular weight is 316 g/mol. The van der Waals surface area contributed by atoms with E-state index in [1.165, 1.54) is 18.2 Å². The van der Waals surface area contributed by atoms with Crippen molar-refractivity contribution in [1.29, 1.82) is 0 Å². The van der Waals surface area contributed by atoms with Crippen molar-refractivity contribution in [3.8, 4) is 5.75 Å². The van der Waals surface area contributed by atoms with Gasteiger partial charge in [-0.2, -0.15) is 0 Å². The molecule has 1 atom stereocenters. The van der Waals surface area contributed by atoms with Crippen LogP contribution in [0.1, 0.15) is 23.2 Å². The molecule has 1 saturated heterocycles. The van der Waals surface area contributed by atoms with Gasteiger partial charge in [0.2, 0.25) is 0 Å². The van der Waals surface area contributed by atoms with E-state index in [0.717, 1.165) is 25.5 Å². The number of likely N-dealkylation sites (tertiary alicyclic amines) is 1. The van der Waals surface area contributed by atoms with Crippen molar-refractivity contribution >= 4 is 5.91 Å². The van der Waals surface area contributed by atoms with Gasteiger partial charge in [-0.1, -0.05) is 6.07 Å². The molecule has 1 aliphatic rings. The van der Waals surface area contributed by atoms with Crippen molar-refractivity contribution in [2.45, 2.75) is 19.2 Å². The molecule has 0 aliphatic carbocycles. The molecule has 1 fully saturated rings. The first kappa shape index (κ1) is 16.6. The molecule has 1 aromatic carbocycles. The molecular formula is C15H19F3N2O2. The average Bonchev–Trinajstić information content (AvgIpc) is 2.46. The fraction of sp³-hybridized carbons (Fsp3) is 0.533. The van der Waals surface area contributed by atoms with Crippen LogP contribution < -0.4 is 10.1 Å². The number of ether oxygens (including phenoxy) is 1. The molecule has 1 aromatic rings. The van der Waals surface area contributed by atoms with Crippen LogP contribution in [0.15, 0.2) is 24.3 Å². The zero-order valence-electron chi connectivity index (χ0n) is 12.3. The molecule has 0 spiro atoms. The van der Waals surface area contributed by atoms with Gasteiger partial charge in [0.25, 0.3) is 5.91 Å². The number of hydrogen-bond acceptors (Lipinski definition) is 3. The Balaban J connectivity index is 2.07. The number of rotatable bonds is 4. The van der Waals surface area contributed by atoms with Crippen molar-refractivity contribution < 1.29 is 22.7 Å². The molecule has 22 heavy (non-hydrogen) atoms. The van der Waals surface area contributed by atoms with Gasteiger partial charge in [-0.25, -0.2) is 0 Å². The molecule has 2 rings (SSSR count). The minimum Gasteiger partial charge on any atom is -0.406 e. The van der Waals surface area contributed by atoms with Gasteiger partial charge in [0, 0.05) is 18.7 Å². The van der Waals surface area contributed by atoms with Gasteiger partial charge in [-0.05, 0) is 50.6 Å². The molecule has 1 unspecified atom stereocenters. The summed E-state index contributed by atoms with van der Waals surface area (Å²) in [6.45, 7) is 2.06. The lowest BCUT2D eigenvalue weighted by Gasteiger charge is -2.32. The number of hydrogen-bond donors (Lipinski definition) is 1. The summed E-state index contributed by atoms with van der Waals surface area (Å²) in [4.78, 5) is 14.1. The lowest BCUT2D eigenvalue weighted by atomic mass is 9.97. The Hall–Kier alpha value is -1.76. The Labute approximate surface area is 127 Å². The number of piperidine rings is 1. The van der Waals surface area contributed by atoms with Crippen LogP contribution in [0.4, 0.5) is 13.2 Å². The van der Waals surface area contributed by atoms with E-state index >= 15 is 0 Å². The first-order valence-corrected chi connectivity index (χ1v) is 7.19. The molecule has 1 heterocycles. The number of nitrogens with zero attached hydrogens (tertiary/aromatic N) is 1. The van der Waals surface area contributed by atoms with E-state index in [2.05, 4.69) is 10.1 Å².